The van der Waals surface area contributed by atoms with Crippen LogP contribution in [0.15, 0.2) is 48.7 Å². The van der Waals surface area contributed by atoms with E-state index in [9.17, 15) is 5.11 Å². The molecule has 1 N–H and O–H groups in total. The van der Waals surface area contributed by atoms with Crippen LogP contribution in [0.2, 0.25) is 0 Å². The summed E-state index contributed by atoms with van der Waals surface area (Å²) in [6, 6.07) is 14.5. The van der Waals surface area contributed by atoms with Crippen molar-refractivity contribution in [1.82, 2.24) is 4.98 Å². The van der Waals surface area contributed by atoms with Crippen molar-refractivity contribution in [2.24, 2.45) is 0 Å². The molecule has 4 nitrogen and oxygen atoms in total. The fraction of sp³-hybridized carbons (Fsp3) is 0.353. The Labute approximate surface area is 125 Å². The molecule has 0 amide bonds. The predicted molar refractivity (Wildman–Crippen MR) is 85.7 cm³/mol. The molecule has 1 unspecified atom stereocenters. The monoisotopic (exact) mass is 283 g/mol. The zero-order valence-corrected chi connectivity index (χ0v) is 12.3. The van der Waals surface area contributed by atoms with Crippen LogP contribution in [0.1, 0.15) is 18.6 Å². The highest BCUT2D eigenvalue weighted by Crippen LogP contribution is 2.20. The minimum atomic E-state index is -0.457. The Morgan fingerprint density at radius 3 is 2.19 bits per heavy atom. The van der Waals surface area contributed by atoms with Crippen LogP contribution in [-0.2, 0) is 0 Å². The molecule has 0 spiro atoms. The van der Waals surface area contributed by atoms with Crippen molar-refractivity contribution in [3.63, 3.8) is 0 Å². The lowest BCUT2D eigenvalue weighted by molar-refractivity contribution is 0.199. The quantitative estimate of drug-likeness (QED) is 0.939. The SMILES string of the molecule is CC(O)c1ccc(N2CCN(c3ccccc3)CC2)nc1. The van der Waals surface area contributed by atoms with E-state index in [1.807, 2.05) is 18.2 Å². The van der Waals surface area contributed by atoms with E-state index < -0.39 is 6.10 Å². The van der Waals surface area contributed by atoms with E-state index >= 15 is 0 Å². The summed E-state index contributed by atoms with van der Waals surface area (Å²) in [7, 11) is 0. The number of aliphatic hydroxyl groups excluding tert-OH is 1. The van der Waals surface area contributed by atoms with E-state index in [2.05, 4.69) is 39.0 Å². The summed E-state index contributed by atoms with van der Waals surface area (Å²) in [5.74, 6) is 0.993. The second-order valence-electron chi connectivity index (χ2n) is 5.44. The number of anilines is 2. The number of aromatic nitrogens is 1. The van der Waals surface area contributed by atoms with Gasteiger partial charge < -0.3 is 14.9 Å². The zero-order valence-electron chi connectivity index (χ0n) is 12.3. The molecule has 0 radical (unpaired) electrons. The van der Waals surface area contributed by atoms with Crippen LogP contribution in [0.3, 0.4) is 0 Å². The van der Waals surface area contributed by atoms with Gasteiger partial charge in [0.2, 0.25) is 0 Å². The van der Waals surface area contributed by atoms with Gasteiger partial charge in [-0.05, 0) is 30.7 Å². The summed E-state index contributed by atoms with van der Waals surface area (Å²) in [6.07, 6.45) is 1.31. The molecule has 1 saturated heterocycles. The van der Waals surface area contributed by atoms with Crippen molar-refractivity contribution in [3.8, 4) is 0 Å². The number of hydrogen-bond acceptors (Lipinski definition) is 4. The first-order valence-electron chi connectivity index (χ1n) is 7.43. The van der Waals surface area contributed by atoms with Crippen LogP contribution < -0.4 is 9.80 Å². The van der Waals surface area contributed by atoms with Crippen LogP contribution in [0.4, 0.5) is 11.5 Å². The summed E-state index contributed by atoms with van der Waals surface area (Å²) in [4.78, 5) is 9.17. The molecule has 21 heavy (non-hydrogen) atoms. The van der Waals surface area contributed by atoms with Crippen LogP contribution >= 0.6 is 0 Å². The van der Waals surface area contributed by atoms with Gasteiger partial charge in [-0.2, -0.15) is 0 Å². The standard InChI is InChI=1S/C17H21N3O/c1-14(21)15-7-8-17(18-13-15)20-11-9-19(10-12-20)16-5-3-2-4-6-16/h2-8,13-14,21H,9-12H2,1H3. The number of piperazine rings is 1. The maximum atomic E-state index is 9.53. The average molecular weight is 283 g/mol. The Balaban J connectivity index is 1.63. The summed E-state index contributed by atoms with van der Waals surface area (Å²) < 4.78 is 0. The average Bonchev–Trinajstić information content (AvgIpc) is 2.56. The van der Waals surface area contributed by atoms with Gasteiger partial charge in [0.1, 0.15) is 5.82 Å². The van der Waals surface area contributed by atoms with Crippen LogP contribution in [0.25, 0.3) is 0 Å². The highest BCUT2D eigenvalue weighted by atomic mass is 16.3. The minimum absolute atomic E-state index is 0.457. The molecular formula is C17H21N3O. The Kier molecular flexibility index (Phi) is 4.06. The first kappa shape index (κ1) is 13.9. The highest BCUT2D eigenvalue weighted by Gasteiger charge is 2.18. The Hall–Kier alpha value is -2.07. The molecule has 1 fully saturated rings. The van der Waals surface area contributed by atoms with E-state index in [1.54, 1.807) is 13.1 Å². The minimum Gasteiger partial charge on any atom is -0.389 e. The molecule has 0 bridgehead atoms. The van der Waals surface area contributed by atoms with E-state index in [0.717, 1.165) is 37.6 Å². The van der Waals surface area contributed by atoms with Gasteiger partial charge in [0, 0.05) is 38.1 Å². The van der Waals surface area contributed by atoms with Crippen molar-refractivity contribution in [3.05, 3.63) is 54.2 Å². The van der Waals surface area contributed by atoms with E-state index in [-0.39, 0.29) is 0 Å². The second-order valence-corrected chi connectivity index (χ2v) is 5.44. The number of para-hydroxylation sites is 1. The van der Waals surface area contributed by atoms with Gasteiger partial charge in [-0.1, -0.05) is 24.3 Å². The number of pyridine rings is 1. The van der Waals surface area contributed by atoms with Crippen LogP contribution in [-0.4, -0.2) is 36.3 Å². The summed E-state index contributed by atoms with van der Waals surface area (Å²) in [5.41, 5.74) is 2.15. The Bertz CT molecular complexity index is 560. The van der Waals surface area contributed by atoms with Crippen LogP contribution in [0, 0.1) is 0 Å². The number of aliphatic hydroxyl groups is 1. The fourth-order valence-electron chi connectivity index (χ4n) is 2.66. The van der Waals surface area contributed by atoms with Crippen molar-refractivity contribution in [2.45, 2.75) is 13.0 Å². The molecule has 2 aromatic rings. The van der Waals surface area contributed by atoms with Gasteiger partial charge in [-0.25, -0.2) is 4.98 Å². The fourth-order valence-corrected chi connectivity index (χ4v) is 2.66. The highest BCUT2D eigenvalue weighted by molar-refractivity contribution is 5.49. The number of rotatable bonds is 3. The third-order valence-corrected chi connectivity index (χ3v) is 3.98. The van der Waals surface area contributed by atoms with Crippen molar-refractivity contribution in [1.29, 1.82) is 0 Å². The van der Waals surface area contributed by atoms with E-state index in [1.165, 1.54) is 5.69 Å². The lowest BCUT2D eigenvalue weighted by Gasteiger charge is -2.36. The predicted octanol–water partition coefficient (Wildman–Crippen LogP) is 2.46. The third-order valence-electron chi connectivity index (χ3n) is 3.98. The largest absolute Gasteiger partial charge is 0.389 e. The van der Waals surface area contributed by atoms with Gasteiger partial charge in [0.25, 0.3) is 0 Å². The molecule has 3 rings (SSSR count). The van der Waals surface area contributed by atoms with E-state index in [0.29, 0.717) is 0 Å². The van der Waals surface area contributed by atoms with E-state index in [4.69, 9.17) is 0 Å². The first-order chi connectivity index (χ1) is 10.2. The molecular weight excluding hydrogens is 262 g/mol. The second kappa shape index (κ2) is 6.14. The van der Waals surface area contributed by atoms with Crippen LogP contribution in [0.5, 0.6) is 0 Å². The number of nitrogens with zero attached hydrogens (tertiary/aromatic N) is 3. The van der Waals surface area contributed by atoms with Gasteiger partial charge in [-0.3, -0.25) is 0 Å². The zero-order chi connectivity index (χ0) is 14.7. The molecule has 1 aliphatic rings. The maximum absolute atomic E-state index is 9.53. The Morgan fingerprint density at radius 1 is 0.952 bits per heavy atom. The summed E-state index contributed by atoms with van der Waals surface area (Å²) in [6.45, 7) is 5.70. The molecule has 1 atom stereocenters. The number of benzene rings is 1. The lowest BCUT2D eigenvalue weighted by atomic mass is 10.2. The lowest BCUT2D eigenvalue weighted by Crippen LogP contribution is -2.46. The molecule has 0 aliphatic carbocycles. The van der Waals surface area contributed by atoms with Crippen molar-refractivity contribution in [2.75, 3.05) is 36.0 Å². The Morgan fingerprint density at radius 2 is 1.62 bits per heavy atom. The number of hydrogen-bond donors (Lipinski definition) is 1. The maximum Gasteiger partial charge on any atom is 0.128 e. The first-order valence-corrected chi connectivity index (χ1v) is 7.43. The third kappa shape index (κ3) is 3.16. The summed E-state index contributed by atoms with van der Waals surface area (Å²) >= 11 is 0. The van der Waals surface area contributed by atoms with Gasteiger partial charge in [-0.15, -0.1) is 0 Å². The molecule has 110 valence electrons. The molecule has 1 aromatic heterocycles. The molecule has 2 heterocycles. The van der Waals surface area contributed by atoms with Crippen molar-refractivity contribution < 1.29 is 5.11 Å². The van der Waals surface area contributed by atoms with Crippen molar-refractivity contribution >= 4 is 11.5 Å². The molecule has 1 aliphatic heterocycles. The smallest absolute Gasteiger partial charge is 0.128 e. The van der Waals surface area contributed by atoms with Gasteiger partial charge in [0.05, 0.1) is 6.10 Å². The molecule has 0 saturated carbocycles. The van der Waals surface area contributed by atoms with Gasteiger partial charge >= 0.3 is 0 Å². The summed E-state index contributed by atoms with van der Waals surface area (Å²) in [5, 5.41) is 9.53. The molecule has 1 aromatic carbocycles. The topological polar surface area (TPSA) is 39.6 Å². The van der Waals surface area contributed by atoms with Gasteiger partial charge in [0.15, 0.2) is 0 Å². The normalized spacial score (nSPS) is 16.9. The molecule has 4 heteroatoms.